The van der Waals surface area contributed by atoms with Crippen LogP contribution in [0.5, 0.6) is 5.75 Å². The molecule has 0 aromatic heterocycles. The lowest BCUT2D eigenvalue weighted by Gasteiger charge is -2.39. The molecule has 2 N–H and O–H groups in total. The highest BCUT2D eigenvalue weighted by Crippen LogP contribution is 2.36. The van der Waals surface area contributed by atoms with E-state index in [-0.39, 0.29) is 5.82 Å². The lowest BCUT2D eigenvalue weighted by molar-refractivity contribution is 0.114. The average molecular weight is 425 g/mol. The molecule has 2 unspecified atom stereocenters. The third-order valence-electron chi connectivity index (χ3n) is 6.41. The molecule has 0 spiro atoms. The number of halogens is 1. The molecule has 2 aliphatic rings. The van der Waals surface area contributed by atoms with Gasteiger partial charge in [0.25, 0.3) is 0 Å². The average Bonchev–Trinajstić information content (AvgIpc) is 3.01. The molecule has 0 amide bonds. The maximum absolute atomic E-state index is 14.1. The predicted octanol–water partition coefficient (Wildman–Crippen LogP) is 4.09. The Morgan fingerprint density at radius 1 is 1.10 bits per heavy atom. The van der Waals surface area contributed by atoms with Gasteiger partial charge in [-0.1, -0.05) is 36.4 Å². The van der Waals surface area contributed by atoms with E-state index in [4.69, 9.17) is 4.74 Å². The topological polar surface area (TPSA) is 48.9 Å². The van der Waals surface area contributed by atoms with E-state index < -0.39 is 0 Å². The van der Waals surface area contributed by atoms with Crippen LogP contribution in [0.25, 0.3) is 0 Å². The molecule has 6 heteroatoms. The molecule has 166 valence electrons. The van der Waals surface area contributed by atoms with Crippen LogP contribution in [0.3, 0.4) is 0 Å². The summed E-state index contributed by atoms with van der Waals surface area (Å²) >= 11 is 0. The van der Waals surface area contributed by atoms with Crippen molar-refractivity contribution in [1.29, 1.82) is 0 Å². The van der Waals surface area contributed by atoms with E-state index in [0.717, 1.165) is 30.9 Å². The lowest BCUT2D eigenvalue weighted by Crippen LogP contribution is -2.52. The van der Waals surface area contributed by atoms with Gasteiger partial charge in [0.2, 0.25) is 0 Å². The molecule has 2 heterocycles. The zero-order chi connectivity index (χ0) is 21.6. The molecule has 2 atom stereocenters. The number of piperidine rings is 1. The van der Waals surface area contributed by atoms with Gasteiger partial charge in [-0.25, -0.2) is 4.39 Å². The number of nitrogens with zero attached hydrogens (tertiary/aromatic N) is 2. The molecule has 5 nitrogen and oxygen atoms in total. The van der Waals surface area contributed by atoms with E-state index in [9.17, 15) is 4.39 Å². The van der Waals surface area contributed by atoms with E-state index in [2.05, 4.69) is 50.9 Å². The van der Waals surface area contributed by atoms with Gasteiger partial charge >= 0.3 is 0 Å². The fourth-order valence-electron chi connectivity index (χ4n) is 4.95. The zero-order valence-corrected chi connectivity index (χ0v) is 18.5. The summed E-state index contributed by atoms with van der Waals surface area (Å²) < 4.78 is 19.4. The summed E-state index contributed by atoms with van der Waals surface area (Å²) in [5.74, 6) is 0.744. The fourth-order valence-corrected chi connectivity index (χ4v) is 4.95. The van der Waals surface area contributed by atoms with Gasteiger partial charge in [-0.3, -0.25) is 9.89 Å². The first-order valence-electron chi connectivity index (χ1n) is 11.3. The maximum atomic E-state index is 14.1. The lowest BCUT2D eigenvalue weighted by atomic mass is 9.96. The molecule has 2 aliphatic heterocycles. The molecule has 0 saturated carbocycles. The normalized spacial score (nSPS) is 23.6. The summed E-state index contributed by atoms with van der Waals surface area (Å²) in [6, 6.07) is 17.5. The number of guanidine groups is 1. The Balaban J connectivity index is 1.29. The van der Waals surface area contributed by atoms with Crippen LogP contribution in [-0.4, -0.2) is 42.6 Å². The molecule has 4 rings (SSSR count). The third-order valence-corrected chi connectivity index (χ3v) is 6.41. The summed E-state index contributed by atoms with van der Waals surface area (Å²) in [6.07, 6.45) is 4.80. The fraction of sp³-hybridized carbons (Fsp3) is 0.480. The summed E-state index contributed by atoms with van der Waals surface area (Å²) in [7, 11) is 1.78. The highest BCUT2D eigenvalue weighted by atomic mass is 19.1. The Bertz CT molecular complexity index is 874. The Labute approximate surface area is 184 Å². The van der Waals surface area contributed by atoms with Gasteiger partial charge in [0.1, 0.15) is 0 Å². The SMILES string of the molecule is CCOc1ccc(CNC(=NC)NC2CC3CCC(C2)N3Cc2ccccc2)cc1F. The van der Waals surface area contributed by atoms with Crippen LogP contribution in [0.15, 0.2) is 53.5 Å². The highest BCUT2D eigenvalue weighted by Gasteiger charge is 2.40. The van der Waals surface area contributed by atoms with E-state index in [1.54, 1.807) is 13.1 Å². The van der Waals surface area contributed by atoms with Gasteiger partial charge in [-0.2, -0.15) is 0 Å². The molecule has 2 aromatic carbocycles. The maximum Gasteiger partial charge on any atom is 0.191 e. The molecule has 2 bridgehead atoms. The van der Waals surface area contributed by atoms with Crippen LogP contribution in [0, 0.1) is 5.82 Å². The molecule has 2 saturated heterocycles. The second-order valence-electron chi connectivity index (χ2n) is 8.48. The molecule has 0 radical (unpaired) electrons. The van der Waals surface area contributed by atoms with Gasteiger partial charge < -0.3 is 15.4 Å². The van der Waals surface area contributed by atoms with E-state index in [1.165, 1.54) is 24.5 Å². The van der Waals surface area contributed by atoms with Crippen LogP contribution in [0.2, 0.25) is 0 Å². The monoisotopic (exact) mass is 424 g/mol. The standard InChI is InChI=1S/C25H33FN4O/c1-3-31-24-12-9-19(13-23(24)26)16-28-25(27-2)29-20-14-21-10-11-22(15-20)30(21)17-18-7-5-4-6-8-18/h4-9,12-13,20-22H,3,10-11,14-17H2,1-2H3,(H2,27,28,29). The van der Waals surface area contributed by atoms with Gasteiger partial charge in [0.15, 0.2) is 17.5 Å². The van der Waals surface area contributed by atoms with Crippen LogP contribution in [0.4, 0.5) is 4.39 Å². The highest BCUT2D eigenvalue weighted by molar-refractivity contribution is 5.80. The number of hydrogen-bond acceptors (Lipinski definition) is 3. The minimum absolute atomic E-state index is 0.298. The van der Waals surface area contributed by atoms with Gasteiger partial charge in [0, 0.05) is 38.3 Å². The van der Waals surface area contributed by atoms with Crippen molar-refractivity contribution < 1.29 is 9.13 Å². The first-order valence-corrected chi connectivity index (χ1v) is 11.3. The molecule has 2 aromatic rings. The van der Waals surface area contributed by atoms with Crippen molar-refractivity contribution in [3.63, 3.8) is 0 Å². The van der Waals surface area contributed by atoms with Crippen molar-refractivity contribution in [3.05, 3.63) is 65.5 Å². The van der Waals surface area contributed by atoms with Crippen LogP contribution in [0.1, 0.15) is 43.7 Å². The predicted molar refractivity (Wildman–Crippen MR) is 123 cm³/mol. The number of nitrogens with one attached hydrogen (secondary N) is 2. The molecule has 2 fully saturated rings. The van der Waals surface area contributed by atoms with Crippen LogP contribution in [-0.2, 0) is 13.1 Å². The van der Waals surface area contributed by atoms with Gasteiger partial charge in [-0.15, -0.1) is 0 Å². The van der Waals surface area contributed by atoms with Crippen molar-refractivity contribution in [1.82, 2.24) is 15.5 Å². The quantitative estimate of drug-likeness (QED) is 0.519. The number of hydrogen-bond donors (Lipinski definition) is 2. The Kier molecular flexibility index (Phi) is 7.07. The van der Waals surface area contributed by atoms with E-state index >= 15 is 0 Å². The smallest absolute Gasteiger partial charge is 0.191 e. The molecule has 0 aliphatic carbocycles. The van der Waals surface area contributed by atoms with Crippen molar-refractivity contribution in [2.75, 3.05) is 13.7 Å². The largest absolute Gasteiger partial charge is 0.491 e. The van der Waals surface area contributed by atoms with E-state index in [0.29, 0.717) is 37.0 Å². The second-order valence-corrected chi connectivity index (χ2v) is 8.48. The minimum atomic E-state index is -0.327. The van der Waals surface area contributed by atoms with E-state index in [1.807, 2.05) is 13.0 Å². The third kappa shape index (κ3) is 5.37. The Morgan fingerprint density at radius 2 is 1.84 bits per heavy atom. The number of fused-ring (bicyclic) bond motifs is 2. The van der Waals surface area contributed by atoms with Gasteiger partial charge in [-0.05, 0) is 55.9 Å². The van der Waals surface area contributed by atoms with Crippen molar-refractivity contribution >= 4 is 5.96 Å². The second kappa shape index (κ2) is 10.1. The number of ether oxygens (including phenoxy) is 1. The van der Waals surface area contributed by atoms with Crippen molar-refractivity contribution in [2.45, 2.75) is 63.8 Å². The van der Waals surface area contributed by atoms with Crippen LogP contribution < -0.4 is 15.4 Å². The molecular weight excluding hydrogens is 391 g/mol. The zero-order valence-electron chi connectivity index (χ0n) is 18.5. The first-order chi connectivity index (χ1) is 15.2. The summed E-state index contributed by atoms with van der Waals surface area (Å²) in [4.78, 5) is 7.07. The number of aliphatic imine (C=N–C) groups is 1. The van der Waals surface area contributed by atoms with Gasteiger partial charge in [0.05, 0.1) is 6.61 Å². The Morgan fingerprint density at radius 3 is 2.48 bits per heavy atom. The summed E-state index contributed by atoms with van der Waals surface area (Å²) in [6.45, 7) is 3.86. The summed E-state index contributed by atoms with van der Waals surface area (Å²) in [5, 5.41) is 6.93. The van der Waals surface area contributed by atoms with Crippen LogP contribution >= 0.6 is 0 Å². The summed E-state index contributed by atoms with van der Waals surface area (Å²) in [5.41, 5.74) is 2.26. The molecule has 31 heavy (non-hydrogen) atoms. The number of rotatable bonds is 7. The van der Waals surface area contributed by atoms with Crippen molar-refractivity contribution in [3.8, 4) is 5.75 Å². The first kappa shape index (κ1) is 21.6. The number of benzene rings is 2. The molecular formula is C25H33FN4O. The minimum Gasteiger partial charge on any atom is -0.491 e. The Hall–Kier alpha value is -2.60. The van der Waals surface area contributed by atoms with Crippen molar-refractivity contribution in [2.24, 2.45) is 4.99 Å².